The van der Waals surface area contributed by atoms with E-state index in [1.165, 1.54) is 12.1 Å². The average Bonchev–Trinajstić information content (AvgIpc) is 2.60. The van der Waals surface area contributed by atoms with Crippen LogP contribution in [0, 0.1) is 5.82 Å². The number of hydrogen-bond acceptors (Lipinski definition) is 3. The first-order valence-electron chi connectivity index (χ1n) is 7.41. The standard InChI is InChI=1S/C17H17FN4O3/c18-13-8-6-12(7-9-13)16(24)22-21-15(23)10-14(20-17(19)25)11-4-2-1-3-5-11/h1-9,14H,10H2,(H,21,23)(H,22,24)(H3,19,20,25). The van der Waals surface area contributed by atoms with E-state index < -0.39 is 29.7 Å². The zero-order valence-electron chi connectivity index (χ0n) is 13.2. The van der Waals surface area contributed by atoms with Crippen molar-refractivity contribution >= 4 is 17.8 Å². The number of benzene rings is 2. The largest absolute Gasteiger partial charge is 0.352 e. The topological polar surface area (TPSA) is 113 Å². The Labute approximate surface area is 143 Å². The van der Waals surface area contributed by atoms with Crippen molar-refractivity contribution in [3.63, 3.8) is 0 Å². The highest BCUT2D eigenvalue weighted by molar-refractivity contribution is 5.95. The molecule has 2 rings (SSSR count). The quantitative estimate of drug-likeness (QED) is 0.615. The van der Waals surface area contributed by atoms with Gasteiger partial charge in [-0.2, -0.15) is 0 Å². The molecule has 0 spiro atoms. The van der Waals surface area contributed by atoms with Crippen LogP contribution < -0.4 is 21.9 Å². The fraction of sp³-hybridized carbons (Fsp3) is 0.118. The van der Waals surface area contributed by atoms with Gasteiger partial charge in [-0.25, -0.2) is 9.18 Å². The van der Waals surface area contributed by atoms with E-state index >= 15 is 0 Å². The molecule has 25 heavy (non-hydrogen) atoms. The van der Waals surface area contributed by atoms with Gasteiger partial charge in [0.2, 0.25) is 5.91 Å². The zero-order chi connectivity index (χ0) is 18.2. The second-order valence-electron chi connectivity index (χ2n) is 5.19. The number of urea groups is 1. The summed E-state index contributed by atoms with van der Waals surface area (Å²) in [5, 5.41) is 2.48. The number of carbonyl (C=O) groups excluding carboxylic acids is 3. The Hall–Kier alpha value is -3.42. The van der Waals surface area contributed by atoms with Crippen molar-refractivity contribution in [1.82, 2.24) is 16.2 Å². The first-order chi connectivity index (χ1) is 12.0. The van der Waals surface area contributed by atoms with Crippen molar-refractivity contribution in [3.05, 3.63) is 71.5 Å². The van der Waals surface area contributed by atoms with Crippen molar-refractivity contribution in [2.24, 2.45) is 5.73 Å². The Balaban J connectivity index is 1.93. The lowest BCUT2D eigenvalue weighted by atomic mass is 10.0. The number of primary amides is 1. The number of nitrogens with one attached hydrogen (secondary N) is 3. The van der Waals surface area contributed by atoms with E-state index in [9.17, 15) is 18.8 Å². The molecule has 7 nitrogen and oxygen atoms in total. The summed E-state index contributed by atoms with van der Waals surface area (Å²) in [7, 11) is 0. The smallest absolute Gasteiger partial charge is 0.312 e. The number of halogens is 1. The van der Waals surface area contributed by atoms with E-state index in [0.29, 0.717) is 5.56 Å². The summed E-state index contributed by atoms with van der Waals surface area (Å²) in [6.45, 7) is 0. The van der Waals surface area contributed by atoms with E-state index in [4.69, 9.17) is 5.73 Å². The van der Waals surface area contributed by atoms with Crippen LogP contribution in [0.1, 0.15) is 28.4 Å². The van der Waals surface area contributed by atoms with Crippen LogP contribution in [-0.4, -0.2) is 17.8 Å². The monoisotopic (exact) mass is 344 g/mol. The molecule has 0 saturated carbocycles. The van der Waals surface area contributed by atoms with Gasteiger partial charge in [0.05, 0.1) is 12.5 Å². The summed E-state index contributed by atoms with van der Waals surface area (Å²) in [5.74, 6) is -1.59. The van der Waals surface area contributed by atoms with Crippen LogP contribution in [0.25, 0.3) is 0 Å². The van der Waals surface area contributed by atoms with E-state index in [2.05, 4.69) is 16.2 Å². The molecular weight excluding hydrogens is 327 g/mol. The Morgan fingerprint density at radius 1 is 0.960 bits per heavy atom. The number of carbonyl (C=O) groups is 3. The SMILES string of the molecule is NC(=O)NC(CC(=O)NNC(=O)c1ccc(F)cc1)c1ccccc1. The molecule has 0 aliphatic rings. The molecule has 1 atom stereocenters. The van der Waals surface area contributed by atoms with Gasteiger partial charge in [0.1, 0.15) is 5.82 Å². The molecule has 5 N–H and O–H groups in total. The number of rotatable bonds is 5. The molecule has 0 fully saturated rings. The van der Waals surface area contributed by atoms with E-state index in [1.807, 2.05) is 0 Å². The summed E-state index contributed by atoms with van der Waals surface area (Å²) in [6, 6.07) is 12.3. The third-order valence-corrected chi connectivity index (χ3v) is 3.33. The van der Waals surface area contributed by atoms with Crippen LogP contribution in [0.15, 0.2) is 54.6 Å². The van der Waals surface area contributed by atoms with E-state index in [-0.39, 0.29) is 12.0 Å². The lowest BCUT2D eigenvalue weighted by Crippen LogP contribution is -2.44. The second kappa shape index (κ2) is 8.44. The Morgan fingerprint density at radius 2 is 1.60 bits per heavy atom. The van der Waals surface area contributed by atoms with Crippen LogP contribution >= 0.6 is 0 Å². The maximum absolute atomic E-state index is 12.8. The van der Waals surface area contributed by atoms with Gasteiger partial charge in [-0.05, 0) is 29.8 Å². The van der Waals surface area contributed by atoms with Gasteiger partial charge in [0.15, 0.2) is 0 Å². The molecule has 8 heteroatoms. The number of amides is 4. The summed E-state index contributed by atoms with van der Waals surface area (Å²) >= 11 is 0. The minimum Gasteiger partial charge on any atom is -0.352 e. The van der Waals surface area contributed by atoms with Gasteiger partial charge in [-0.3, -0.25) is 20.4 Å². The van der Waals surface area contributed by atoms with Crippen LogP contribution in [0.3, 0.4) is 0 Å². The molecule has 4 amide bonds. The highest BCUT2D eigenvalue weighted by Crippen LogP contribution is 2.16. The highest BCUT2D eigenvalue weighted by Gasteiger charge is 2.17. The summed E-state index contributed by atoms with van der Waals surface area (Å²) in [6.07, 6.45) is -0.128. The van der Waals surface area contributed by atoms with E-state index in [1.54, 1.807) is 30.3 Å². The number of nitrogens with two attached hydrogens (primary N) is 1. The summed E-state index contributed by atoms with van der Waals surface area (Å²) in [5.41, 5.74) is 10.5. The molecule has 1 unspecified atom stereocenters. The van der Waals surface area contributed by atoms with Crippen molar-refractivity contribution < 1.29 is 18.8 Å². The van der Waals surface area contributed by atoms with E-state index in [0.717, 1.165) is 12.1 Å². The first-order valence-corrected chi connectivity index (χ1v) is 7.41. The minimum atomic E-state index is -0.767. The summed E-state index contributed by atoms with van der Waals surface area (Å²) < 4.78 is 12.8. The molecule has 0 heterocycles. The molecule has 2 aromatic carbocycles. The van der Waals surface area contributed by atoms with Gasteiger partial charge < -0.3 is 11.1 Å². The zero-order valence-corrected chi connectivity index (χ0v) is 13.2. The third-order valence-electron chi connectivity index (χ3n) is 3.33. The highest BCUT2D eigenvalue weighted by atomic mass is 19.1. The molecule has 0 bridgehead atoms. The lowest BCUT2D eigenvalue weighted by molar-refractivity contribution is -0.122. The lowest BCUT2D eigenvalue weighted by Gasteiger charge is -2.17. The van der Waals surface area contributed by atoms with Gasteiger partial charge in [0, 0.05) is 5.56 Å². The van der Waals surface area contributed by atoms with Crippen LogP contribution in [0.5, 0.6) is 0 Å². The van der Waals surface area contributed by atoms with Crippen LogP contribution in [0.2, 0.25) is 0 Å². The maximum Gasteiger partial charge on any atom is 0.312 e. The number of hydrazine groups is 1. The Kier molecular flexibility index (Phi) is 6.05. The fourth-order valence-corrected chi connectivity index (χ4v) is 2.15. The minimum absolute atomic E-state index is 0.128. The average molecular weight is 344 g/mol. The molecule has 0 radical (unpaired) electrons. The van der Waals surface area contributed by atoms with Crippen LogP contribution in [0.4, 0.5) is 9.18 Å². The predicted molar refractivity (Wildman–Crippen MR) is 88.5 cm³/mol. The molecule has 0 aliphatic heterocycles. The third kappa shape index (κ3) is 5.61. The maximum atomic E-state index is 12.8. The fourth-order valence-electron chi connectivity index (χ4n) is 2.15. The van der Waals surface area contributed by atoms with Crippen molar-refractivity contribution in [3.8, 4) is 0 Å². The van der Waals surface area contributed by atoms with Gasteiger partial charge in [0.25, 0.3) is 5.91 Å². The van der Waals surface area contributed by atoms with Gasteiger partial charge in [-0.15, -0.1) is 0 Å². The molecule has 0 aromatic heterocycles. The molecule has 2 aromatic rings. The first kappa shape index (κ1) is 17.9. The van der Waals surface area contributed by atoms with Crippen LogP contribution in [-0.2, 0) is 4.79 Å². The summed E-state index contributed by atoms with van der Waals surface area (Å²) in [4.78, 5) is 35.0. The molecule has 130 valence electrons. The van der Waals surface area contributed by atoms with Gasteiger partial charge in [-0.1, -0.05) is 30.3 Å². The van der Waals surface area contributed by atoms with Crippen molar-refractivity contribution in [2.75, 3.05) is 0 Å². The number of hydrogen-bond donors (Lipinski definition) is 4. The normalized spacial score (nSPS) is 11.2. The van der Waals surface area contributed by atoms with Gasteiger partial charge >= 0.3 is 6.03 Å². The molecule has 0 saturated heterocycles. The Bertz CT molecular complexity index is 750. The Morgan fingerprint density at radius 3 is 2.20 bits per heavy atom. The van der Waals surface area contributed by atoms with Crippen molar-refractivity contribution in [1.29, 1.82) is 0 Å². The second-order valence-corrected chi connectivity index (χ2v) is 5.19. The molecular formula is C17H17FN4O3. The van der Waals surface area contributed by atoms with Crippen molar-refractivity contribution in [2.45, 2.75) is 12.5 Å². The predicted octanol–water partition coefficient (Wildman–Crippen LogP) is 1.39. The molecule has 0 aliphatic carbocycles.